The van der Waals surface area contributed by atoms with Crippen molar-refractivity contribution < 1.29 is 32.9 Å². The van der Waals surface area contributed by atoms with Crippen molar-refractivity contribution in [3.8, 4) is 0 Å². The summed E-state index contributed by atoms with van der Waals surface area (Å²) in [6.45, 7) is -1.29. The molecule has 0 fully saturated rings. The number of rotatable bonds is 7. The van der Waals surface area contributed by atoms with Crippen LogP contribution in [0.3, 0.4) is 0 Å². The highest BCUT2D eigenvalue weighted by atomic mass is 32.2. The number of carboxylic acids is 1. The Morgan fingerprint density at radius 3 is 2.11 bits per heavy atom. The van der Waals surface area contributed by atoms with Gasteiger partial charge in [-0.15, -0.1) is 0 Å². The molecule has 3 rings (SSSR count). The summed E-state index contributed by atoms with van der Waals surface area (Å²) < 4.78 is 32.0. The minimum absolute atomic E-state index is 0.0181. The van der Waals surface area contributed by atoms with Crippen molar-refractivity contribution in [1.29, 1.82) is 0 Å². The molecule has 148 valence electrons. The Balaban J connectivity index is 2.22. The van der Waals surface area contributed by atoms with Crippen molar-refractivity contribution in [3.63, 3.8) is 0 Å². The van der Waals surface area contributed by atoms with Gasteiger partial charge in [0.15, 0.2) is 0 Å². The topological polar surface area (TPSA) is 145 Å². The molecule has 1 heterocycles. The maximum Gasteiger partial charge on any atom is 0.335 e. The van der Waals surface area contributed by atoms with Crippen LogP contribution in [0.2, 0.25) is 0 Å². The molecule has 3 N–H and O–H groups in total. The number of carboxylic acid groups (broad SMARTS) is 1. The SMILES string of the molecule is O=C(O)c1ccc2oc3ccc(S(=O)(=O)N(CCO)CCO)cc3c(=O)c2c1. The molecule has 0 radical (unpaired) electrons. The highest BCUT2D eigenvalue weighted by Gasteiger charge is 2.24. The van der Waals surface area contributed by atoms with Gasteiger partial charge in [0, 0.05) is 13.1 Å². The predicted octanol–water partition coefficient (Wildman–Crippen LogP) is 0.620. The van der Waals surface area contributed by atoms with Gasteiger partial charge in [-0.05, 0) is 36.4 Å². The summed E-state index contributed by atoms with van der Waals surface area (Å²) in [5.74, 6) is -1.21. The molecule has 0 bridgehead atoms. The summed E-state index contributed by atoms with van der Waals surface area (Å²) in [6, 6.07) is 7.59. The summed E-state index contributed by atoms with van der Waals surface area (Å²) >= 11 is 0. The molecule has 0 saturated heterocycles. The lowest BCUT2D eigenvalue weighted by atomic mass is 10.1. The molecule has 10 heteroatoms. The first-order valence-electron chi connectivity index (χ1n) is 8.25. The van der Waals surface area contributed by atoms with Crippen LogP contribution >= 0.6 is 0 Å². The maximum absolute atomic E-state index is 12.8. The van der Waals surface area contributed by atoms with Gasteiger partial charge >= 0.3 is 5.97 Å². The van der Waals surface area contributed by atoms with E-state index in [1.165, 1.54) is 30.3 Å². The standard InChI is InChI=1S/C18H17NO8S/c20-7-5-19(6-8-21)28(25,26)12-2-4-16-14(10-12)17(22)13-9-11(18(23)24)1-3-15(13)27-16/h1-4,9-10,20-21H,5-8H2,(H,23,24). The molecule has 0 spiro atoms. The van der Waals surface area contributed by atoms with Crippen LogP contribution < -0.4 is 5.43 Å². The molecule has 0 aliphatic carbocycles. The van der Waals surface area contributed by atoms with Crippen LogP contribution in [-0.2, 0) is 10.0 Å². The first-order chi connectivity index (χ1) is 13.3. The molecule has 3 aromatic rings. The van der Waals surface area contributed by atoms with Gasteiger partial charge in [0.1, 0.15) is 11.2 Å². The number of aliphatic hydroxyl groups excluding tert-OH is 2. The number of fused-ring (bicyclic) bond motifs is 2. The van der Waals surface area contributed by atoms with Crippen molar-refractivity contribution in [2.45, 2.75) is 4.90 Å². The normalized spacial score (nSPS) is 12.1. The summed E-state index contributed by atoms with van der Waals surface area (Å²) in [7, 11) is -4.07. The fourth-order valence-electron chi connectivity index (χ4n) is 2.85. The number of benzene rings is 2. The van der Waals surface area contributed by atoms with Gasteiger partial charge in [-0.1, -0.05) is 0 Å². The second-order valence-corrected chi connectivity index (χ2v) is 7.89. The molecule has 0 atom stereocenters. The van der Waals surface area contributed by atoms with E-state index < -0.39 is 34.6 Å². The maximum atomic E-state index is 12.8. The smallest absolute Gasteiger partial charge is 0.335 e. The number of aliphatic hydroxyl groups is 2. The Morgan fingerprint density at radius 2 is 1.54 bits per heavy atom. The summed E-state index contributed by atoms with van der Waals surface area (Å²) in [4.78, 5) is 23.8. The summed E-state index contributed by atoms with van der Waals surface area (Å²) in [5, 5.41) is 27.3. The van der Waals surface area contributed by atoms with E-state index in [1.807, 2.05) is 0 Å². The molecule has 28 heavy (non-hydrogen) atoms. The molecule has 2 aromatic carbocycles. The Morgan fingerprint density at radius 1 is 0.964 bits per heavy atom. The Bertz CT molecular complexity index is 1210. The second kappa shape index (κ2) is 7.68. The first kappa shape index (κ1) is 20.0. The van der Waals surface area contributed by atoms with Crippen molar-refractivity contribution in [3.05, 3.63) is 52.2 Å². The van der Waals surface area contributed by atoms with Crippen molar-refractivity contribution in [2.75, 3.05) is 26.3 Å². The average molecular weight is 407 g/mol. The van der Waals surface area contributed by atoms with Crippen molar-refractivity contribution in [1.82, 2.24) is 4.31 Å². The Hall–Kier alpha value is -2.79. The lowest BCUT2D eigenvalue weighted by Gasteiger charge is -2.20. The number of nitrogens with zero attached hydrogens (tertiary/aromatic N) is 1. The third-order valence-corrected chi connectivity index (χ3v) is 6.12. The zero-order chi connectivity index (χ0) is 20.5. The monoisotopic (exact) mass is 407 g/mol. The van der Waals surface area contributed by atoms with E-state index >= 15 is 0 Å². The largest absolute Gasteiger partial charge is 0.478 e. The van der Waals surface area contributed by atoms with E-state index in [9.17, 15) is 18.0 Å². The van der Waals surface area contributed by atoms with E-state index in [0.29, 0.717) is 0 Å². The number of aromatic carboxylic acids is 1. The number of hydrogen-bond donors (Lipinski definition) is 3. The zero-order valence-corrected chi connectivity index (χ0v) is 15.3. The van der Waals surface area contributed by atoms with Crippen molar-refractivity contribution >= 4 is 37.9 Å². The van der Waals surface area contributed by atoms with Gasteiger partial charge in [0.25, 0.3) is 0 Å². The molecule has 9 nitrogen and oxygen atoms in total. The fraction of sp³-hybridized carbons (Fsp3) is 0.222. The van der Waals surface area contributed by atoms with Gasteiger partial charge in [-0.3, -0.25) is 4.79 Å². The second-order valence-electron chi connectivity index (χ2n) is 5.96. The highest BCUT2D eigenvalue weighted by Crippen LogP contribution is 2.24. The third-order valence-electron chi connectivity index (χ3n) is 4.22. The Kier molecular flexibility index (Phi) is 5.47. The minimum Gasteiger partial charge on any atom is -0.478 e. The number of carbonyl (C=O) groups is 1. The lowest BCUT2D eigenvalue weighted by molar-refractivity contribution is 0.0697. The van der Waals surface area contributed by atoms with Crippen LogP contribution in [0, 0.1) is 0 Å². The highest BCUT2D eigenvalue weighted by molar-refractivity contribution is 7.89. The van der Waals surface area contributed by atoms with Crippen LogP contribution in [0.5, 0.6) is 0 Å². The minimum atomic E-state index is -4.07. The van der Waals surface area contributed by atoms with Gasteiger partial charge in [-0.25, -0.2) is 13.2 Å². The van der Waals surface area contributed by atoms with Crippen LogP contribution in [0.4, 0.5) is 0 Å². The molecule has 0 aliphatic rings. The van der Waals surface area contributed by atoms with Crippen LogP contribution in [0.15, 0.2) is 50.5 Å². The van der Waals surface area contributed by atoms with Crippen LogP contribution in [0.1, 0.15) is 10.4 Å². The van der Waals surface area contributed by atoms with Gasteiger partial charge in [-0.2, -0.15) is 4.31 Å². The zero-order valence-electron chi connectivity index (χ0n) is 14.5. The fourth-order valence-corrected chi connectivity index (χ4v) is 4.30. The van der Waals surface area contributed by atoms with Crippen LogP contribution in [0.25, 0.3) is 21.9 Å². The first-order valence-corrected chi connectivity index (χ1v) is 9.69. The Labute approximate surface area is 159 Å². The number of sulfonamides is 1. The molecule has 1 aromatic heterocycles. The quantitative estimate of drug-likeness (QED) is 0.483. The summed E-state index contributed by atoms with van der Waals surface area (Å²) in [5.41, 5.74) is -0.331. The van der Waals surface area contributed by atoms with Gasteiger partial charge in [0.2, 0.25) is 15.5 Å². The molecule has 0 aliphatic heterocycles. The van der Waals surface area contributed by atoms with Crippen LogP contribution in [-0.4, -0.2) is 60.3 Å². The van der Waals surface area contributed by atoms with Gasteiger partial charge in [0.05, 0.1) is 34.4 Å². The molecule has 0 unspecified atom stereocenters. The van der Waals surface area contributed by atoms with Crippen molar-refractivity contribution in [2.24, 2.45) is 0 Å². The summed E-state index contributed by atoms with van der Waals surface area (Å²) in [6.07, 6.45) is 0. The molecular weight excluding hydrogens is 390 g/mol. The van der Waals surface area contributed by atoms with E-state index in [1.54, 1.807) is 0 Å². The molecule has 0 amide bonds. The van der Waals surface area contributed by atoms with E-state index in [0.717, 1.165) is 10.4 Å². The lowest BCUT2D eigenvalue weighted by Crippen LogP contribution is -2.35. The van der Waals surface area contributed by atoms with E-state index in [2.05, 4.69) is 0 Å². The molecular formula is C18H17NO8S. The van der Waals surface area contributed by atoms with Gasteiger partial charge < -0.3 is 19.7 Å². The van der Waals surface area contributed by atoms with E-state index in [-0.39, 0.29) is 45.5 Å². The predicted molar refractivity (Wildman–Crippen MR) is 99.9 cm³/mol. The number of hydrogen-bond acceptors (Lipinski definition) is 7. The third kappa shape index (κ3) is 3.50. The van der Waals surface area contributed by atoms with E-state index in [4.69, 9.17) is 19.7 Å². The average Bonchev–Trinajstić information content (AvgIpc) is 2.67. The molecule has 0 saturated carbocycles.